The van der Waals surface area contributed by atoms with Gasteiger partial charge in [0.2, 0.25) is 5.88 Å². The largest absolute Gasteiger partial charge is 0.496 e. The molecular weight excluding hydrogens is 253 g/mol. The van der Waals surface area contributed by atoms with Gasteiger partial charge >= 0.3 is 7.12 Å². The fourth-order valence-corrected chi connectivity index (χ4v) is 2.26. The third-order valence-corrected chi connectivity index (χ3v) is 4.18. The molecule has 1 aromatic heterocycles. The molecule has 0 spiro atoms. The maximum absolute atomic E-state index is 6.05. The lowest BCUT2D eigenvalue weighted by Crippen LogP contribution is -2.41. The molecule has 0 unspecified atom stereocenters. The smallest absolute Gasteiger partial charge is 0.481 e. The quantitative estimate of drug-likeness (QED) is 0.792. The molecule has 1 fully saturated rings. The van der Waals surface area contributed by atoms with Crippen molar-refractivity contribution in [3.63, 3.8) is 0 Å². The van der Waals surface area contributed by atoms with Crippen molar-refractivity contribution in [2.24, 2.45) is 0 Å². The van der Waals surface area contributed by atoms with E-state index in [-0.39, 0.29) is 18.3 Å². The predicted octanol–water partition coefficient (Wildman–Crippen LogP) is 2.34. The zero-order valence-corrected chi connectivity index (χ0v) is 13.3. The van der Waals surface area contributed by atoms with E-state index in [1.807, 2.05) is 0 Å². The van der Waals surface area contributed by atoms with Gasteiger partial charge in [0.05, 0.1) is 18.3 Å². The summed E-state index contributed by atoms with van der Waals surface area (Å²) in [6.07, 6.45) is 3.76. The highest BCUT2D eigenvalue weighted by atomic mass is 16.7. The van der Waals surface area contributed by atoms with Gasteiger partial charge in [-0.3, -0.25) is 0 Å². The first-order valence-electron chi connectivity index (χ1n) is 7.19. The lowest BCUT2D eigenvalue weighted by Gasteiger charge is -2.32. The number of hydrogen-bond donors (Lipinski definition) is 0. The Balaban J connectivity index is 2.29. The molecule has 0 aromatic carbocycles. The number of hydrogen-bond acceptors (Lipinski definition) is 4. The number of methoxy groups -OCH3 is 1. The summed E-state index contributed by atoms with van der Waals surface area (Å²) in [4.78, 5) is 4.37. The Bertz CT molecular complexity index is 472. The Hall–Kier alpha value is -1.07. The lowest BCUT2D eigenvalue weighted by atomic mass is 9.79. The molecule has 0 N–H and O–H groups in total. The number of nitrogens with zero attached hydrogens (tertiary/aromatic N) is 1. The minimum Gasteiger partial charge on any atom is -0.481 e. The fourth-order valence-electron chi connectivity index (χ4n) is 2.26. The third-order valence-electron chi connectivity index (χ3n) is 4.18. The van der Waals surface area contributed by atoms with Crippen LogP contribution in [0, 0.1) is 0 Å². The molecular formula is C15H24BNO3. The summed E-state index contributed by atoms with van der Waals surface area (Å²) in [7, 11) is 1.28. The average molecular weight is 277 g/mol. The minimum absolute atomic E-state index is 0.331. The summed E-state index contributed by atoms with van der Waals surface area (Å²) in [5.41, 5.74) is 1.39. The molecule has 1 aromatic rings. The van der Waals surface area contributed by atoms with Gasteiger partial charge in [0.25, 0.3) is 0 Å². The van der Waals surface area contributed by atoms with E-state index in [0.717, 1.165) is 23.9 Å². The monoisotopic (exact) mass is 277 g/mol. The topological polar surface area (TPSA) is 40.6 Å². The van der Waals surface area contributed by atoms with Gasteiger partial charge < -0.3 is 14.0 Å². The number of aryl methyl sites for hydroxylation is 1. The first-order chi connectivity index (χ1) is 9.30. The first-order valence-corrected chi connectivity index (χ1v) is 7.19. The number of aromatic nitrogens is 1. The van der Waals surface area contributed by atoms with Crippen LogP contribution >= 0.6 is 0 Å². The number of pyridine rings is 1. The molecule has 2 rings (SSSR count). The van der Waals surface area contributed by atoms with Crippen molar-refractivity contribution in [3.8, 4) is 5.88 Å². The van der Waals surface area contributed by atoms with Gasteiger partial charge in [-0.2, -0.15) is 0 Å². The van der Waals surface area contributed by atoms with Crippen LogP contribution in [0.5, 0.6) is 5.88 Å². The Morgan fingerprint density at radius 1 is 1.20 bits per heavy atom. The van der Waals surface area contributed by atoms with Crippen LogP contribution in [0.2, 0.25) is 0 Å². The summed E-state index contributed by atoms with van der Waals surface area (Å²) in [6, 6.07) is 2.08. The Morgan fingerprint density at radius 3 is 2.30 bits per heavy atom. The molecule has 0 atom stereocenters. The molecule has 1 saturated heterocycles. The van der Waals surface area contributed by atoms with Crippen molar-refractivity contribution in [2.45, 2.75) is 58.7 Å². The predicted molar refractivity (Wildman–Crippen MR) is 80.5 cm³/mol. The highest BCUT2D eigenvalue weighted by Crippen LogP contribution is 2.36. The molecule has 0 amide bonds. The van der Waals surface area contributed by atoms with Crippen molar-refractivity contribution in [2.75, 3.05) is 7.11 Å². The summed E-state index contributed by atoms with van der Waals surface area (Å²) < 4.78 is 17.4. The van der Waals surface area contributed by atoms with E-state index in [1.54, 1.807) is 13.3 Å². The van der Waals surface area contributed by atoms with Crippen molar-refractivity contribution >= 4 is 12.6 Å². The molecule has 2 heterocycles. The SMILES string of the molecule is CCCc1cc(B2OC(C)(C)C(C)(C)O2)cnc1OC. The van der Waals surface area contributed by atoms with Crippen LogP contribution in [0.3, 0.4) is 0 Å². The minimum atomic E-state index is -0.367. The van der Waals surface area contributed by atoms with Crippen LogP contribution < -0.4 is 10.2 Å². The second-order valence-corrected chi connectivity index (χ2v) is 6.28. The van der Waals surface area contributed by atoms with Crippen LogP contribution in [-0.4, -0.2) is 30.4 Å². The van der Waals surface area contributed by atoms with E-state index in [0.29, 0.717) is 5.88 Å². The van der Waals surface area contributed by atoms with E-state index in [2.05, 4.69) is 45.7 Å². The van der Waals surface area contributed by atoms with E-state index >= 15 is 0 Å². The molecule has 4 nitrogen and oxygen atoms in total. The first kappa shape index (κ1) is 15.3. The maximum atomic E-state index is 6.05. The highest BCUT2D eigenvalue weighted by Gasteiger charge is 2.51. The zero-order chi connectivity index (χ0) is 15.0. The Labute approximate surface area is 122 Å². The molecule has 5 heteroatoms. The standard InChI is InChI=1S/C15H24BNO3/c1-7-8-11-9-12(10-17-13(11)18-6)16-19-14(2,3)15(4,5)20-16/h9-10H,7-8H2,1-6H3. The van der Waals surface area contributed by atoms with E-state index < -0.39 is 0 Å². The van der Waals surface area contributed by atoms with E-state index in [9.17, 15) is 0 Å². The summed E-state index contributed by atoms with van der Waals surface area (Å²) in [6.45, 7) is 10.3. The number of rotatable bonds is 4. The van der Waals surface area contributed by atoms with Crippen LogP contribution in [0.25, 0.3) is 0 Å². The van der Waals surface area contributed by atoms with Gasteiger partial charge in [-0.1, -0.05) is 19.4 Å². The van der Waals surface area contributed by atoms with Gasteiger partial charge in [-0.15, -0.1) is 0 Å². The van der Waals surface area contributed by atoms with Gasteiger partial charge in [0, 0.05) is 17.2 Å². The van der Waals surface area contributed by atoms with Gasteiger partial charge in [-0.25, -0.2) is 4.98 Å². The second kappa shape index (κ2) is 5.37. The highest BCUT2D eigenvalue weighted by molar-refractivity contribution is 6.62. The summed E-state index contributed by atoms with van der Waals surface area (Å²) >= 11 is 0. The second-order valence-electron chi connectivity index (χ2n) is 6.28. The van der Waals surface area contributed by atoms with Crippen LogP contribution in [0.15, 0.2) is 12.3 Å². The molecule has 1 aliphatic heterocycles. The van der Waals surface area contributed by atoms with E-state index in [4.69, 9.17) is 14.0 Å². The zero-order valence-electron chi connectivity index (χ0n) is 13.3. The van der Waals surface area contributed by atoms with Crippen LogP contribution in [-0.2, 0) is 15.7 Å². The summed E-state index contributed by atoms with van der Waals surface area (Å²) in [5, 5.41) is 0. The molecule has 0 saturated carbocycles. The molecule has 0 radical (unpaired) electrons. The van der Waals surface area contributed by atoms with Crippen molar-refractivity contribution in [3.05, 3.63) is 17.8 Å². The molecule has 20 heavy (non-hydrogen) atoms. The lowest BCUT2D eigenvalue weighted by molar-refractivity contribution is 0.00578. The third kappa shape index (κ3) is 2.70. The maximum Gasteiger partial charge on any atom is 0.496 e. The van der Waals surface area contributed by atoms with Crippen molar-refractivity contribution < 1.29 is 14.0 Å². The Morgan fingerprint density at radius 2 is 1.80 bits per heavy atom. The number of ether oxygens (including phenoxy) is 1. The molecule has 1 aliphatic rings. The van der Waals surface area contributed by atoms with E-state index in [1.165, 1.54) is 0 Å². The van der Waals surface area contributed by atoms with Gasteiger partial charge in [-0.05, 0) is 34.1 Å². The molecule has 0 aliphatic carbocycles. The Kier molecular flexibility index (Phi) is 4.12. The van der Waals surface area contributed by atoms with Gasteiger partial charge in [0.15, 0.2) is 0 Å². The van der Waals surface area contributed by atoms with Crippen molar-refractivity contribution in [1.29, 1.82) is 0 Å². The average Bonchev–Trinajstić information content (AvgIpc) is 2.59. The van der Waals surface area contributed by atoms with Crippen molar-refractivity contribution in [1.82, 2.24) is 4.98 Å². The summed E-state index contributed by atoms with van der Waals surface area (Å²) in [5.74, 6) is 0.687. The molecule has 110 valence electrons. The molecule has 0 bridgehead atoms. The van der Waals surface area contributed by atoms with Crippen LogP contribution in [0.1, 0.15) is 46.6 Å². The van der Waals surface area contributed by atoms with Gasteiger partial charge in [0.1, 0.15) is 0 Å². The normalized spacial score (nSPS) is 20.2. The fraction of sp³-hybridized carbons (Fsp3) is 0.667. The van der Waals surface area contributed by atoms with Crippen LogP contribution in [0.4, 0.5) is 0 Å².